The van der Waals surface area contributed by atoms with E-state index in [-0.39, 0.29) is 16.9 Å². The molecule has 5 saturated carbocycles. The Hall–Kier alpha value is -0.340. The molecule has 0 aromatic carbocycles. The zero-order chi connectivity index (χ0) is 24.9. The molecule has 5 fully saturated rings. The minimum Gasteiger partial charge on any atom is -0.396 e. The quantitative estimate of drug-likeness (QED) is 0.407. The van der Waals surface area contributed by atoms with Crippen molar-refractivity contribution in [2.45, 2.75) is 119 Å². The zero-order valence-electron chi connectivity index (χ0n) is 23.4. The van der Waals surface area contributed by atoms with E-state index >= 15 is 0 Å². The van der Waals surface area contributed by atoms with E-state index in [0.717, 1.165) is 12.3 Å². The molecule has 5 aliphatic rings. The highest BCUT2D eigenvalue weighted by atomic mass is 16.3. The second-order valence-electron chi connectivity index (χ2n) is 15.5. The van der Waals surface area contributed by atoms with Crippen LogP contribution in [0, 0.1) is 62.6 Å². The molecule has 34 heavy (non-hydrogen) atoms. The van der Waals surface area contributed by atoms with Crippen LogP contribution in [0.25, 0.3) is 0 Å². The number of hydrogen-bond acceptors (Lipinski definition) is 2. The van der Waals surface area contributed by atoms with Gasteiger partial charge in [0.25, 0.3) is 0 Å². The lowest BCUT2D eigenvalue weighted by Crippen LogP contribution is -2.68. The van der Waals surface area contributed by atoms with Crippen LogP contribution in [0.15, 0.2) is 12.2 Å². The molecule has 0 bridgehead atoms. The Labute approximate surface area is 210 Å². The molecule has 5 rings (SSSR count). The second kappa shape index (κ2) is 7.83. The SMILES string of the molecule is C=C(C)[C@@H]1C(C)CC[C@]2(CO)CC[C@]3(C)C(CC[C@@H]4[C@@]5(C)CC[C@H](O)C(C)(C)[C@@H]5CC[C@]43C)[C@@H]12. The third-order valence-corrected chi connectivity index (χ3v) is 14.2. The summed E-state index contributed by atoms with van der Waals surface area (Å²) >= 11 is 0. The Morgan fingerprint density at radius 1 is 0.824 bits per heavy atom. The first-order valence-electron chi connectivity index (χ1n) is 14.7. The molecule has 0 radical (unpaired) electrons. The van der Waals surface area contributed by atoms with Gasteiger partial charge >= 0.3 is 0 Å². The van der Waals surface area contributed by atoms with E-state index in [1.807, 2.05) is 0 Å². The summed E-state index contributed by atoms with van der Waals surface area (Å²) in [6.45, 7) is 22.3. The van der Waals surface area contributed by atoms with E-state index < -0.39 is 0 Å². The average Bonchev–Trinajstić information content (AvgIpc) is 2.77. The van der Waals surface area contributed by atoms with E-state index in [4.69, 9.17) is 0 Å². The van der Waals surface area contributed by atoms with Crippen LogP contribution < -0.4 is 0 Å². The molecule has 194 valence electrons. The van der Waals surface area contributed by atoms with Crippen molar-refractivity contribution in [3.63, 3.8) is 0 Å². The van der Waals surface area contributed by atoms with E-state index in [2.05, 4.69) is 55.0 Å². The summed E-state index contributed by atoms with van der Waals surface area (Å²) in [4.78, 5) is 0. The largest absolute Gasteiger partial charge is 0.396 e. The van der Waals surface area contributed by atoms with Crippen molar-refractivity contribution < 1.29 is 10.2 Å². The summed E-state index contributed by atoms with van der Waals surface area (Å²) in [5.41, 5.74) is 2.52. The Bertz CT molecular complexity index is 831. The van der Waals surface area contributed by atoms with Crippen LogP contribution in [-0.2, 0) is 0 Å². The minimum atomic E-state index is -0.151. The smallest absolute Gasteiger partial charge is 0.0594 e. The molecular weight excluding hydrogens is 416 g/mol. The Morgan fingerprint density at radius 3 is 2.18 bits per heavy atom. The molecular formula is C32H54O2. The molecule has 0 aromatic rings. The number of aliphatic hydroxyl groups is 2. The number of hydrogen-bond donors (Lipinski definition) is 2. The molecule has 2 heteroatoms. The summed E-state index contributed by atoms with van der Waals surface area (Å²) < 4.78 is 0. The Kier molecular flexibility index (Phi) is 5.83. The normalized spacial score (nSPS) is 56.4. The Morgan fingerprint density at radius 2 is 1.53 bits per heavy atom. The van der Waals surface area contributed by atoms with Crippen molar-refractivity contribution in [3.8, 4) is 0 Å². The number of fused-ring (bicyclic) bond motifs is 7. The highest BCUT2D eigenvalue weighted by Gasteiger charge is 2.70. The molecule has 0 heterocycles. The first-order valence-corrected chi connectivity index (χ1v) is 14.7. The van der Waals surface area contributed by atoms with Crippen LogP contribution in [0.3, 0.4) is 0 Å². The van der Waals surface area contributed by atoms with Crippen molar-refractivity contribution in [2.75, 3.05) is 6.61 Å². The van der Waals surface area contributed by atoms with Gasteiger partial charge in [0.15, 0.2) is 0 Å². The van der Waals surface area contributed by atoms with Gasteiger partial charge in [0.1, 0.15) is 0 Å². The molecule has 0 spiro atoms. The highest BCUT2D eigenvalue weighted by Crippen LogP contribution is 2.77. The minimum absolute atomic E-state index is 0.0224. The van der Waals surface area contributed by atoms with E-state index in [1.165, 1.54) is 63.4 Å². The number of aliphatic hydroxyl groups excluding tert-OH is 2. The summed E-state index contributed by atoms with van der Waals surface area (Å²) in [5, 5.41) is 21.8. The van der Waals surface area contributed by atoms with Crippen LogP contribution in [0.4, 0.5) is 0 Å². The first-order chi connectivity index (χ1) is 15.8. The predicted octanol–water partition coefficient (Wildman–Crippen LogP) is 7.63. The summed E-state index contributed by atoms with van der Waals surface area (Å²) in [6.07, 6.45) is 12.2. The standard InChI is InChI=1S/C32H54O2/c1-20(2)26-21(3)11-16-32(19-33)18-17-30(7)22(27(26)32)9-10-24-29(6)14-13-25(34)28(4,5)23(29)12-15-31(24,30)8/h21-27,33-34H,1,9-19H2,2-8H3/t21?,22?,23-,24+,25-,26+,27-,29-,30+,31+,32+/m0/s1. The summed E-state index contributed by atoms with van der Waals surface area (Å²) in [5.74, 6) is 3.90. The van der Waals surface area contributed by atoms with Crippen molar-refractivity contribution >= 4 is 0 Å². The fraction of sp³-hybridized carbons (Fsp3) is 0.938. The molecule has 2 nitrogen and oxygen atoms in total. The zero-order valence-corrected chi connectivity index (χ0v) is 23.4. The molecule has 0 saturated heterocycles. The van der Waals surface area contributed by atoms with Crippen LogP contribution >= 0.6 is 0 Å². The highest BCUT2D eigenvalue weighted by molar-refractivity contribution is 5.21. The maximum absolute atomic E-state index is 10.9. The van der Waals surface area contributed by atoms with Gasteiger partial charge in [-0.2, -0.15) is 0 Å². The molecule has 2 N–H and O–H groups in total. The van der Waals surface area contributed by atoms with E-state index in [0.29, 0.717) is 52.4 Å². The van der Waals surface area contributed by atoms with Gasteiger partial charge in [-0.1, -0.05) is 53.7 Å². The molecule has 2 unspecified atom stereocenters. The number of allylic oxidation sites excluding steroid dienone is 1. The lowest BCUT2D eigenvalue weighted by molar-refractivity contribution is -0.259. The lowest BCUT2D eigenvalue weighted by atomic mass is 9.31. The van der Waals surface area contributed by atoms with Crippen LogP contribution in [0.5, 0.6) is 0 Å². The third kappa shape index (κ3) is 3.00. The predicted molar refractivity (Wildman–Crippen MR) is 141 cm³/mol. The van der Waals surface area contributed by atoms with Gasteiger partial charge in [-0.25, -0.2) is 0 Å². The van der Waals surface area contributed by atoms with Gasteiger partial charge in [0.05, 0.1) is 6.10 Å². The average molecular weight is 471 g/mol. The molecule has 11 atom stereocenters. The van der Waals surface area contributed by atoms with Crippen molar-refractivity contribution in [1.82, 2.24) is 0 Å². The summed E-state index contributed by atoms with van der Waals surface area (Å²) in [6, 6.07) is 0. The van der Waals surface area contributed by atoms with Crippen LogP contribution in [0.1, 0.15) is 113 Å². The fourth-order valence-electron chi connectivity index (χ4n) is 12.1. The maximum atomic E-state index is 10.9. The molecule has 0 aliphatic heterocycles. The first kappa shape index (κ1) is 25.3. The molecule has 0 amide bonds. The topological polar surface area (TPSA) is 40.5 Å². The lowest BCUT2D eigenvalue weighted by Gasteiger charge is -2.74. The summed E-state index contributed by atoms with van der Waals surface area (Å²) in [7, 11) is 0. The Balaban J connectivity index is 1.57. The van der Waals surface area contributed by atoms with Crippen LogP contribution in [-0.4, -0.2) is 22.9 Å². The van der Waals surface area contributed by atoms with Gasteiger partial charge in [-0.15, -0.1) is 0 Å². The number of rotatable bonds is 2. The van der Waals surface area contributed by atoms with Gasteiger partial charge in [0, 0.05) is 6.61 Å². The van der Waals surface area contributed by atoms with Crippen molar-refractivity contribution in [2.24, 2.45) is 62.6 Å². The molecule has 5 aliphatic carbocycles. The second-order valence-corrected chi connectivity index (χ2v) is 15.5. The van der Waals surface area contributed by atoms with E-state index in [1.54, 1.807) is 0 Å². The molecule has 0 aromatic heterocycles. The van der Waals surface area contributed by atoms with Crippen molar-refractivity contribution in [1.29, 1.82) is 0 Å². The van der Waals surface area contributed by atoms with Gasteiger partial charge < -0.3 is 10.2 Å². The fourth-order valence-corrected chi connectivity index (χ4v) is 12.1. The van der Waals surface area contributed by atoms with E-state index in [9.17, 15) is 10.2 Å². The maximum Gasteiger partial charge on any atom is 0.0594 e. The monoisotopic (exact) mass is 470 g/mol. The van der Waals surface area contributed by atoms with Gasteiger partial charge in [-0.3, -0.25) is 0 Å². The van der Waals surface area contributed by atoms with Gasteiger partial charge in [-0.05, 0) is 134 Å². The van der Waals surface area contributed by atoms with Crippen LogP contribution in [0.2, 0.25) is 0 Å². The van der Waals surface area contributed by atoms with Gasteiger partial charge in [0.2, 0.25) is 0 Å². The van der Waals surface area contributed by atoms with Crippen molar-refractivity contribution in [3.05, 3.63) is 12.2 Å². The third-order valence-electron chi connectivity index (χ3n) is 14.2.